The zero-order valence-electron chi connectivity index (χ0n) is 13.8. The Hall–Kier alpha value is -2.09. The summed E-state index contributed by atoms with van der Waals surface area (Å²) in [5.74, 6) is -0.0739. The Labute approximate surface area is 152 Å². The van der Waals surface area contributed by atoms with E-state index >= 15 is 0 Å². The molecule has 0 aromatic heterocycles. The lowest BCUT2D eigenvalue weighted by molar-refractivity contribution is 0.240. The van der Waals surface area contributed by atoms with Crippen molar-refractivity contribution in [3.63, 3.8) is 0 Å². The van der Waals surface area contributed by atoms with Crippen molar-refractivity contribution in [1.29, 1.82) is 0 Å². The molecular formula is C17H20ClN3O3S. The van der Waals surface area contributed by atoms with Gasteiger partial charge in [-0.3, -0.25) is 0 Å². The van der Waals surface area contributed by atoms with Crippen LogP contribution in [0, 0.1) is 0 Å². The van der Waals surface area contributed by atoms with Gasteiger partial charge in [-0.15, -0.1) is 0 Å². The number of benzene rings is 2. The van der Waals surface area contributed by atoms with Gasteiger partial charge in [-0.1, -0.05) is 54.1 Å². The fraction of sp³-hybridized carbons (Fsp3) is 0.235. The van der Waals surface area contributed by atoms with Crippen LogP contribution in [0.4, 0.5) is 4.79 Å². The first kappa shape index (κ1) is 19.2. The molecule has 0 aliphatic rings. The number of rotatable bonds is 7. The molecule has 0 saturated carbocycles. The first-order chi connectivity index (χ1) is 11.9. The predicted molar refractivity (Wildman–Crippen MR) is 98.7 cm³/mol. The second-order valence-corrected chi connectivity index (χ2v) is 7.74. The Balaban J connectivity index is 1.81. The maximum atomic E-state index is 11.8. The number of halogens is 1. The van der Waals surface area contributed by atoms with Crippen LogP contribution in [0.2, 0.25) is 5.02 Å². The lowest BCUT2D eigenvalue weighted by Crippen LogP contribution is -2.34. The van der Waals surface area contributed by atoms with E-state index in [1.807, 2.05) is 18.2 Å². The minimum atomic E-state index is -3.29. The normalized spacial score (nSPS) is 11.1. The monoisotopic (exact) mass is 381 g/mol. The van der Waals surface area contributed by atoms with Crippen LogP contribution in [0.1, 0.15) is 16.7 Å². The summed E-state index contributed by atoms with van der Waals surface area (Å²) in [4.78, 5) is 11.8. The molecule has 3 N–H and O–H groups in total. The molecule has 0 atom stereocenters. The summed E-state index contributed by atoms with van der Waals surface area (Å²) in [6.07, 6.45) is 0. The average molecular weight is 382 g/mol. The third kappa shape index (κ3) is 6.38. The topological polar surface area (TPSA) is 87.3 Å². The molecule has 2 amide bonds. The maximum Gasteiger partial charge on any atom is 0.315 e. The van der Waals surface area contributed by atoms with Crippen molar-refractivity contribution < 1.29 is 13.2 Å². The Morgan fingerprint density at radius 2 is 1.56 bits per heavy atom. The molecule has 0 aliphatic heterocycles. The maximum absolute atomic E-state index is 11.8. The number of sulfonamides is 1. The summed E-state index contributed by atoms with van der Waals surface area (Å²) in [7, 11) is -1.91. The molecule has 0 radical (unpaired) electrons. The molecule has 0 fully saturated rings. The van der Waals surface area contributed by atoms with Crippen LogP contribution < -0.4 is 15.4 Å². The van der Waals surface area contributed by atoms with Gasteiger partial charge in [0.1, 0.15) is 0 Å². The van der Waals surface area contributed by atoms with Crippen molar-refractivity contribution in [1.82, 2.24) is 15.4 Å². The van der Waals surface area contributed by atoms with Crippen molar-refractivity contribution in [3.05, 3.63) is 70.2 Å². The van der Waals surface area contributed by atoms with E-state index in [9.17, 15) is 13.2 Å². The predicted octanol–water partition coefficient (Wildman–Crippen LogP) is 2.39. The van der Waals surface area contributed by atoms with Gasteiger partial charge >= 0.3 is 6.03 Å². The Kier molecular flexibility index (Phi) is 6.81. The lowest BCUT2D eigenvalue weighted by Gasteiger charge is -2.09. The minimum Gasteiger partial charge on any atom is -0.334 e. The fourth-order valence-electron chi connectivity index (χ4n) is 2.11. The molecule has 6 nitrogen and oxygen atoms in total. The van der Waals surface area contributed by atoms with Crippen molar-refractivity contribution in [2.24, 2.45) is 0 Å². The first-order valence-electron chi connectivity index (χ1n) is 7.64. The van der Waals surface area contributed by atoms with Crippen molar-refractivity contribution in [3.8, 4) is 0 Å². The van der Waals surface area contributed by atoms with E-state index in [1.165, 1.54) is 7.05 Å². The molecule has 2 aromatic rings. The number of hydrogen-bond donors (Lipinski definition) is 3. The highest BCUT2D eigenvalue weighted by atomic mass is 35.5. The van der Waals surface area contributed by atoms with E-state index < -0.39 is 10.0 Å². The Morgan fingerprint density at radius 3 is 2.20 bits per heavy atom. The summed E-state index contributed by atoms with van der Waals surface area (Å²) < 4.78 is 25.3. The quantitative estimate of drug-likeness (QED) is 0.688. The molecular weight excluding hydrogens is 362 g/mol. The molecule has 2 rings (SSSR count). The summed E-state index contributed by atoms with van der Waals surface area (Å²) in [5, 5.41) is 6.09. The first-order valence-corrected chi connectivity index (χ1v) is 9.67. The molecule has 134 valence electrons. The van der Waals surface area contributed by atoms with Gasteiger partial charge < -0.3 is 10.6 Å². The van der Waals surface area contributed by atoms with Crippen LogP contribution in [-0.2, 0) is 28.9 Å². The molecule has 0 saturated heterocycles. The largest absolute Gasteiger partial charge is 0.334 e. The van der Waals surface area contributed by atoms with Gasteiger partial charge in [-0.25, -0.2) is 17.9 Å². The molecule has 0 bridgehead atoms. The van der Waals surface area contributed by atoms with Crippen molar-refractivity contribution >= 4 is 27.7 Å². The zero-order chi connectivity index (χ0) is 18.3. The van der Waals surface area contributed by atoms with Crippen LogP contribution in [-0.4, -0.2) is 21.5 Å². The van der Waals surface area contributed by atoms with Gasteiger partial charge in [0.2, 0.25) is 10.0 Å². The Bertz CT molecular complexity index is 823. The average Bonchev–Trinajstić information content (AvgIpc) is 2.60. The summed E-state index contributed by atoms with van der Waals surface area (Å²) in [6, 6.07) is 14.0. The number of amides is 2. The summed E-state index contributed by atoms with van der Waals surface area (Å²) in [6.45, 7) is 0.680. The second-order valence-electron chi connectivity index (χ2n) is 5.41. The molecule has 0 spiro atoms. The molecule has 0 aliphatic carbocycles. The van der Waals surface area contributed by atoms with Crippen LogP contribution in [0.3, 0.4) is 0 Å². The van der Waals surface area contributed by atoms with E-state index in [-0.39, 0.29) is 11.8 Å². The van der Waals surface area contributed by atoms with E-state index in [0.717, 1.165) is 11.1 Å². The van der Waals surface area contributed by atoms with Gasteiger partial charge in [-0.2, -0.15) is 0 Å². The van der Waals surface area contributed by atoms with Crippen molar-refractivity contribution in [2.45, 2.75) is 18.8 Å². The molecule has 25 heavy (non-hydrogen) atoms. The zero-order valence-corrected chi connectivity index (χ0v) is 15.3. The number of carbonyl (C=O) groups excluding carboxylic acids is 1. The van der Waals surface area contributed by atoms with E-state index in [4.69, 9.17) is 11.6 Å². The highest BCUT2D eigenvalue weighted by molar-refractivity contribution is 7.88. The molecule has 2 aromatic carbocycles. The van der Waals surface area contributed by atoms with E-state index in [0.29, 0.717) is 23.7 Å². The minimum absolute atomic E-state index is 0.0739. The fourth-order valence-corrected chi connectivity index (χ4v) is 3.09. The molecule has 8 heteroatoms. The third-order valence-electron chi connectivity index (χ3n) is 3.54. The smallest absolute Gasteiger partial charge is 0.315 e. The number of carbonyl (C=O) groups is 1. The molecule has 0 heterocycles. The van der Waals surface area contributed by atoms with E-state index in [2.05, 4.69) is 15.4 Å². The van der Waals surface area contributed by atoms with Crippen LogP contribution in [0.5, 0.6) is 0 Å². The third-order valence-corrected chi connectivity index (χ3v) is 5.25. The van der Waals surface area contributed by atoms with Gasteiger partial charge in [-0.05, 0) is 29.8 Å². The lowest BCUT2D eigenvalue weighted by atomic mass is 10.1. The SMILES string of the molecule is CNS(=O)(=O)Cc1ccc(CNC(=O)NCc2ccccc2Cl)cc1. The van der Waals surface area contributed by atoms with Crippen molar-refractivity contribution in [2.75, 3.05) is 7.05 Å². The standard InChI is InChI=1S/C17H20ClN3O3S/c1-19-25(23,24)12-14-8-6-13(7-9-14)10-20-17(22)21-11-15-4-2-3-5-16(15)18/h2-9,19H,10-12H2,1H3,(H2,20,21,22). The Morgan fingerprint density at radius 1 is 0.960 bits per heavy atom. The van der Waals surface area contributed by atoms with Crippen LogP contribution in [0.25, 0.3) is 0 Å². The van der Waals surface area contributed by atoms with Gasteiger partial charge in [0.05, 0.1) is 5.75 Å². The van der Waals surface area contributed by atoms with Crippen LogP contribution in [0.15, 0.2) is 48.5 Å². The highest BCUT2D eigenvalue weighted by Gasteiger charge is 2.08. The highest BCUT2D eigenvalue weighted by Crippen LogP contribution is 2.14. The number of hydrogen-bond acceptors (Lipinski definition) is 3. The molecule has 0 unspecified atom stereocenters. The van der Waals surface area contributed by atoms with Gasteiger partial charge in [0, 0.05) is 18.1 Å². The van der Waals surface area contributed by atoms with Gasteiger partial charge in [0.25, 0.3) is 0 Å². The van der Waals surface area contributed by atoms with E-state index in [1.54, 1.807) is 30.3 Å². The second kappa shape index (κ2) is 8.84. The van der Waals surface area contributed by atoms with Crippen LogP contribution >= 0.6 is 11.6 Å². The number of nitrogens with one attached hydrogen (secondary N) is 3. The van der Waals surface area contributed by atoms with Gasteiger partial charge in [0.15, 0.2) is 0 Å². The summed E-state index contributed by atoms with van der Waals surface area (Å²) >= 11 is 6.03. The summed E-state index contributed by atoms with van der Waals surface area (Å²) in [5.41, 5.74) is 2.40. The number of urea groups is 1.